The molecule has 20 heavy (non-hydrogen) atoms. The molecule has 1 aliphatic rings. The largest absolute Gasteiger partial charge is 0.376 e. The van der Waals surface area contributed by atoms with Gasteiger partial charge in [0.2, 0.25) is 0 Å². The van der Waals surface area contributed by atoms with Gasteiger partial charge in [-0.05, 0) is 16.7 Å². The molecule has 2 aromatic rings. The molecule has 104 valence electrons. The monoisotopic (exact) mass is 269 g/mol. The minimum absolute atomic E-state index is 0.0829. The molecule has 1 unspecified atom stereocenters. The van der Waals surface area contributed by atoms with E-state index in [1.807, 2.05) is 18.2 Å². The Labute approximate surface area is 119 Å². The van der Waals surface area contributed by atoms with Gasteiger partial charge in [-0.25, -0.2) is 0 Å². The fraction of sp³-hybridized carbons (Fsp3) is 0.294. The van der Waals surface area contributed by atoms with E-state index in [1.165, 1.54) is 11.1 Å². The molecule has 1 fully saturated rings. The second-order valence-corrected chi connectivity index (χ2v) is 5.09. The van der Waals surface area contributed by atoms with Gasteiger partial charge in [0.15, 0.2) is 0 Å². The number of hydrogen-bond acceptors (Lipinski definition) is 3. The van der Waals surface area contributed by atoms with Gasteiger partial charge < -0.3 is 15.2 Å². The summed E-state index contributed by atoms with van der Waals surface area (Å²) in [5.41, 5.74) is 9.67. The van der Waals surface area contributed by atoms with Gasteiger partial charge in [0.1, 0.15) is 6.10 Å². The Morgan fingerprint density at radius 2 is 1.65 bits per heavy atom. The van der Waals surface area contributed by atoms with Crippen LogP contribution in [0.4, 0.5) is 0 Å². The highest BCUT2D eigenvalue weighted by Gasteiger charge is 2.20. The quantitative estimate of drug-likeness (QED) is 0.907. The Hall–Kier alpha value is -1.68. The Morgan fingerprint density at radius 3 is 2.25 bits per heavy atom. The van der Waals surface area contributed by atoms with E-state index in [4.69, 9.17) is 15.2 Å². The zero-order valence-electron chi connectivity index (χ0n) is 11.4. The van der Waals surface area contributed by atoms with Crippen molar-refractivity contribution < 1.29 is 9.47 Å². The molecule has 1 saturated heterocycles. The maximum atomic E-state index is 6.15. The lowest BCUT2D eigenvalue weighted by Gasteiger charge is -2.27. The smallest absolute Gasteiger partial charge is 0.104 e. The molecule has 0 aromatic heterocycles. The van der Waals surface area contributed by atoms with Gasteiger partial charge >= 0.3 is 0 Å². The minimum atomic E-state index is -0.0829. The number of rotatable bonds is 5. The van der Waals surface area contributed by atoms with Crippen molar-refractivity contribution in [3.05, 3.63) is 60.2 Å². The van der Waals surface area contributed by atoms with Crippen LogP contribution < -0.4 is 5.73 Å². The van der Waals surface area contributed by atoms with Crippen molar-refractivity contribution in [1.29, 1.82) is 0 Å². The van der Waals surface area contributed by atoms with Crippen molar-refractivity contribution in [2.45, 2.75) is 12.1 Å². The van der Waals surface area contributed by atoms with E-state index in [0.29, 0.717) is 19.8 Å². The van der Waals surface area contributed by atoms with E-state index >= 15 is 0 Å². The number of ether oxygens (including phenoxy) is 2. The molecule has 0 amide bonds. The van der Waals surface area contributed by atoms with Crippen molar-refractivity contribution >= 4 is 0 Å². The number of hydrogen-bond donors (Lipinski definition) is 1. The summed E-state index contributed by atoms with van der Waals surface area (Å²) >= 11 is 0. The zero-order chi connectivity index (χ0) is 13.8. The third kappa shape index (κ3) is 3.07. The average molecular weight is 269 g/mol. The van der Waals surface area contributed by atoms with Crippen LogP contribution in [0.5, 0.6) is 0 Å². The van der Waals surface area contributed by atoms with Gasteiger partial charge in [0.25, 0.3) is 0 Å². The molecule has 0 saturated carbocycles. The molecule has 0 bridgehead atoms. The molecule has 1 heterocycles. The molecule has 3 rings (SSSR count). The van der Waals surface area contributed by atoms with Crippen LogP contribution in [0, 0.1) is 0 Å². The molecule has 0 spiro atoms. The molecule has 1 aliphatic heterocycles. The van der Waals surface area contributed by atoms with Crippen molar-refractivity contribution in [1.82, 2.24) is 0 Å². The van der Waals surface area contributed by atoms with Crippen LogP contribution >= 0.6 is 0 Å². The second-order valence-electron chi connectivity index (χ2n) is 5.09. The predicted octanol–water partition coefficient (Wildman–Crippen LogP) is 2.77. The molecule has 2 N–H and O–H groups in total. The Bertz CT molecular complexity index is 535. The van der Waals surface area contributed by atoms with Gasteiger partial charge in [0.05, 0.1) is 25.9 Å². The summed E-state index contributed by atoms with van der Waals surface area (Å²) in [4.78, 5) is 0. The van der Waals surface area contributed by atoms with Crippen LogP contribution in [0.15, 0.2) is 54.6 Å². The van der Waals surface area contributed by atoms with Crippen LogP contribution in [-0.4, -0.2) is 25.9 Å². The predicted molar refractivity (Wildman–Crippen MR) is 79.4 cm³/mol. The number of nitrogens with two attached hydrogens (primary N) is 1. The van der Waals surface area contributed by atoms with E-state index in [-0.39, 0.29) is 12.1 Å². The molecule has 1 atom stereocenters. The molecular weight excluding hydrogens is 250 g/mol. The maximum absolute atomic E-state index is 6.15. The first-order valence-corrected chi connectivity index (χ1v) is 6.93. The Balaban J connectivity index is 1.63. The number of benzene rings is 2. The average Bonchev–Trinajstić information content (AvgIpc) is 2.46. The van der Waals surface area contributed by atoms with E-state index in [1.54, 1.807) is 0 Å². The summed E-state index contributed by atoms with van der Waals surface area (Å²) in [5, 5.41) is 0. The van der Waals surface area contributed by atoms with E-state index in [0.717, 1.165) is 5.56 Å². The standard InChI is InChI=1S/C17H19NO2/c18-17(12-20-16-10-19-11-16)15-8-6-14(7-9-15)13-4-2-1-3-5-13/h1-9,16-17H,10-12,18H2. The molecular formula is C17H19NO2. The zero-order valence-corrected chi connectivity index (χ0v) is 11.4. The van der Waals surface area contributed by atoms with Crippen LogP contribution in [0.3, 0.4) is 0 Å². The third-order valence-electron chi connectivity index (χ3n) is 3.56. The SMILES string of the molecule is NC(COC1COC1)c1ccc(-c2ccccc2)cc1. The van der Waals surface area contributed by atoms with Crippen molar-refractivity contribution in [3.8, 4) is 11.1 Å². The van der Waals surface area contributed by atoms with Crippen molar-refractivity contribution in [2.24, 2.45) is 5.73 Å². The fourth-order valence-electron chi connectivity index (χ4n) is 2.20. The first-order chi connectivity index (χ1) is 9.83. The van der Waals surface area contributed by atoms with Gasteiger partial charge in [-0.2, -0.15) is 0 Å². The van der Waals surface area contributed by atoms with Gasteiger partial charge in [0, 0.05) is 0 Å². The van der Waals surface area contributed by atoms with Gasteiger partial charge in [-0.15, -0.1) is 0 Å². The van der Waals surface area contributed by atoms with Gasteiger partial charge in [-0.1, -0.05) is 54.6 Å². The van der Waals surface area contributed by atoms with E-state index < -0.39 is 0 Å². The highest BCUT2D eigenvalue weighted by molar-refractivity contribution is 5.63. The molecule has 2 aromatic carbocycles. The summed E-state index contributed by atoms with van der Waals surface area (Å²) in [6.45, 7) is 1.93. The highest BCUT2D eigenvalue weighted by Crippen LogP contribution is 2.21. The minimum Gasteiger partial charge on any atom is -0.376 e. The van der Waals surface area contributed by atoms with E-state index in [9.17, 15) is 0 Å². The maximum Gasteiger partial charge on any atom is 0.104 e. The summed E-state index contributed by atoms with van der Waals surface area (Å²) in [5.74, 6) is 0. The lowest BCUT2D eigenvalue weighted by Crippen LogP contribution is -2.37. The molecule has 0 aliphatic carbocycles. The Morgan fingerprint density at radius 1 is 1.00 bits per heavy atom. The van der Waals surface area contributed by atoms with Crippen molar-refractivity contribution in [2.75, 3.05) is 19.8 Å². The van der Waals surface area contributed by atoms with Crippen LogP contribution in [0.1, 0.15) is 11.6 Å². The lowest BCUT2D eigenvalue weighted by molar-refractivity contribution is -0.131. The normalized spacial score (nSPS) is 16.6. The first kappa shape index (κ1) is 13.3. The summed E-state index contributed by atoms with van der Waals surface area (Å²) in [6, 6.07) is 18.6. The second kappa shape index (κ2) is 6.18. The third-order valence-corrected chi connectivity index (χ3v) is 3.56. The van der Waals surface area contributed by atoms with Crippen LogP contribution in [0.2, 0.25) is 0 Å². The van der Waals surface area contributed by atoms with Gasteiger partial charge in [-0.3, -0.25) is 0 Å². The lowest BCUT2D eigenvalue weighted by atomic mass is 10.0. The molecule has 3 heteroatoms. The summed E-state index contributed by atoms with van der Waals surface area (Å²) < 4.78 is 10.7. The highest BCUT2D eigenvalue weighted by atomic mass is 16.6. The molecule has 0 radical (unpaired) electrons. The summed E-state index contributed by atoms with van der Waals surface area (Å²) in [6.07, 6.45) is 0.227. The van der Waals surface area contributed by atoms with Crippen molar-refractivity contribution in [3.63, 3.8) is 0 Å². The summed E-state index contributed by atoms with van der Waals surface area (Å²) in [7, 11) is 0. The first-order valence-electron chi connectivity index (χ1n) is 6.93. The topological polar surface area (TPSA) is 44.5 Å². The van der Waals surface area contributed by atoms with E-state index in [2.05, 4.69) is 36.4 Å². The molecule has 3 nitrogen and oxygen atoms in total. The van der Waals surface area contributed by atoms with Crippen LogP contribution in [0.25, 0.3) is 11.1 Å². The Kier molecular flexibility index (Phi) is 4.11. The van der Waals surface area contributed by atoms with Crippen LogP contribution in [-0.2, 0) is 9.47 Å². The fourth-order valence-corrected chi connectivity index (χ4v) is 2.20.